The predicted molar refractivity (Wildman–Crippen MR) is 105 cm³/mol. The van der Waals surface area contributed by atoms with Crippen LogP contribution >= 0.6 is 15.9 Å². The SMILES string of the molecule is C=CCOC(=O)Nc1cccc(OC(=O)N(CCBr)c2ccccc2)c1. The van der Waals surface area contributed by atoms with Gasteiger partial charge in [-0.15, -0.1) is 0 Å². The van der Waals surface area contributed by atoms with Gasteiger partial charge in [-0.2, -0.15) is 0 Å². The summed E-state index contributed by atoms with van der Waals surface area (Å²) in [5.74, 6) is 0.312. The molecular weight excluding hydrogens is 400 g/mol. The van der Waals surface area contributed by atoms with Crippen molar-refractivity contribution in [2.24, 2.45) is 0 Å². The Morgan fingerprint density at radius 1 is 1.15 bits per heavy atom. The first kappa shape index (κ1) is 19.5. The van der Waals surface area contributed by atoms with Crippen LogP contribution in [0.1, 0.15) is 0 Å². The Labute approximate surface area is 160 Å². The smallest absolute Gasteiger partial charge is 0.419 e. The van der Waals surface area contributed by atoms with Gasteiger partial charge in [0.25, 0.3) is 0 Å². The zero-order valence-electron chi connectivity index (χ0n) is 14.1. The second-order valence-corrected chi connectivity index (χ2v) is 5.88. The molecule has 2 amide bonds. The summed E-state index contributed by atoms with van der Waals surface area (Å²) in [4.78, 5) is 25.6. The van der Waals surface area contributed by atoms with Gasteiger partial charge in [0.05, 0.1) is 0 Å². The zero-order valence-corrected chi connectivity index (χ0v) is 15.6. The quantitative estimate of drug-likeness (QED) is 0.516. The Morgan fingerprint density at radius 3 is 2.62 bits per heavy atom. The first-order chi connectivity index (χ1) is 12.6. The Balaban J connectivity index is 2.06. The summed E-state index contributed by atoms with van der Waals surface area (Å²) >= 11 is 3.34. The number of anilines is 2. The number of benzene rings is 2. The number of carbonyl (C=O) groups excluding carboxylic acids is 2. The van der Waals surface area contributed by atoms with E-state index in [-0.39, 0.29) is 6.61 Å². The maximum absolute atomic E-state index is 12.5. The van der Waals surface area contributed by atoms with E-state index in [0.717, 1.165) is 5.69 Å². The van der Waals surface area contributed by atoms with Crippen molar-refractivity contribution in [1.29, 1.82) is 0 Å². The number of hydrogen-bond donors (Lipinski definition) is 1. The maximum atomic E-state index is 12.5. The summed E-state index contributed by atoms with van der Waals surface area (Å²) in [6.07, 6.45) is 0.348. The lowest BCUT2D eigenvalue weighted by Crippen LogP contribution is -2.35. The van der Waals surface area contributed by atoms with E-state index in [0.29, 0.717) is 23.3 Å². The molecule has 7 heteroatoms. The van der Waals surface area contributed by atoms with Gasteiger partial charge in [-0.05, 0) is 24.3 Å². The highest BCUT2D eigenvalue weighted by Gasteiger charge is 2.17. The largest absolute Gasteiger partial charge is 0.445 e. The van der Waals surface area contributed by atoms with E-state index >= 15 is 0 Å². The number of alkyl halides is 1. The average molecular weight is 419 g/mol. The maximum Gasteiger partial charge on any atom is 0.419 e. The molecule has 0 fully saturated rings. The lowest BCUT2D eigenvalue weighted by molar-refractivity contribution is 0.174. The van der Waals surface area contributed by atoms with Gasteiger partial charge >= 0.3 is 12.2 Å². The molecule has 0 atom stereocenters. The van der Waals surface area contributed by atoms with Crippen LogP contribution in [0, 0.1) is 0 Å². The second-order valence-electron chi connectivity index (χ2n) is 5.08. The highest BCUT2D eigenvalue weighted by molar-refractivity contribution is 9.09. The number of ether oxygens (including phenoxy) is 2. The first-order valence-electron chi connectivity index (χ1n) is 7.89. The fraction of sp³-hybridized carbons (Fsp3) is 0.158. The molecule has 0 aliphatic rings. The Bertz CT molecular complexity index is 752. The normalized spacial score (nSPS) is 9.88. The van der Waals surface area contributed by atoms with Crippen LogP contribution in [0.3, 0.4) is 0 Å². The van der Waals surface area contributed by atoms with Gasteiger partial charge in [0.1, 0.15) is 12.4 Å². The average Bonchev–Trinajstić information content (AvgIpc) is 2.65. The van der Waals surface area contributed by atoms with Crippen molar-refractivity contribution in [2.45, 2.75) is 0 Å². The third-order valence-corrected chi connectivity index (χ3v) is 3.57. The molecule has 2 aromatic carbocycles. The van der Waals surface area contributed by atoms with Gasteiger partial charge in [0.2, 0.25) is 0 Å². The highest BCUT2D eigenvalue weighted by Crippen LogP contribution is 2.20. The van der Waals surface area contributed by atoms with Crippen molar-refractivity contribution in [3.05, 3.63) is 67.3 Å². The van der Waals surface area contributed by atoms with Crippen molar-refractivity contribution < 1.29 is 19.1 Å². The molecule has 6 nitrogen and oxygen atoms in total. The molecule has 0 aliphatic carbocycles. The van der Waals surface area contributed by atoms with Gasteiger partial charge in [0, 0.05) is 29.3 Å². The fourth-order valence-corrected chi connectivity index (χ4v) is 2.45. The lowest BCUT2D eigenvalue weighted by Gasteiger charge is -2.21. The molecular formula is C19H19BrN2O4. The molecule has 0 saturated heterocycles. The van der Waals surface area contributed by atoms with Crippen LogP contribution < -0.4 is 15.0 Å². The van der Waals surface area contributed by atoms with Crippen molar-refractivity contribution in [2.75, 3.05) is 28.7 Å². The number of halogens is 1. The molecule has 26 heavy (non-hydrogen) atoms. The lowest BCUT2D eigenvalue weighted by atomic mass is 10.3. The number of rotatable bonds is 7. The minimum absolute atomic E-state index is 0.110. The topological polar surface area (TPSA) is 67.9 Å². The van der Waals surface area contributed by atoms with E-state index < -0.39 is 12.2 Å². The first-order valence-corrected chi connectivity index (χ1v) is 9.01. The molecule has 0 bridgehead atoms. The van der Waals surface area contributed by atoms with Crippen LogP contribution in [0.15, 0.2) is 67.3 Å². The molecule has 0 aromatic heterocycles. The predicted octanol–water partition coefficient (Wildman–Crippen LogP) is 4.82. The molecule has 0 saturated carbocycles. The summed E-state index contributed by atoms with van der Waals surface area (Å²) in [6.45, 7) is 4.04. The molecule has 0 heterocycles. The van der Waals surface area contributed by atoms with Crippen LogP contribution in [0.25, 0.3) is 0 Å². The number of amides is 2. The van der Waals surface area contributed by atoms with Gasteiger partial charge in [0.15, 0.2) is 0 Å². The van der Waals surface area contributed by atoms with Crippen LogP contribution in [-0.2, 0) is 4.74 Å². The molecule has 136 valence electrons. The van der Waals surface area contributed by atoms with Crippen molar-refractivity contribution in [3.63, 3.8) is 0 Å². The van der Waals surface area contributed by atoms with Crippen molar-refractivity contribution in [3.8, 4) is 5.75 Å². The number of hydrogen-bond acceptors (Lipinski definition) is 4. The molecule has 1 N–H and O–H groups in total. The van der Waals surface area contributed by atoms with E-state index in [4.69, 9.17) is 9.47 Å². The minimum Gasteiger partial charge on any atom is -0.445 e. The van der Waals surface area contributed by atoms with Crippen LogP contribution in [0.2, 0.25) is 0 Å². The third-order valence-electron chi connectivity index (χ3n) is 3.21. The van der Waals surface area contributed by atoms with Crippen LogP contribution in [-0.4, -0.2) is 30.7 Å². The van der Waals surface area contributed by atoms with Gasteiger partial charge in [-0.1, -0.05) is 52.9 Å². The van der Waals surface area contributed by atoms with Gasteiger partial charge < -0.3 is 9.47 Å². The van der Waals surface area contributed by atoms with Gasteiger partial charge in [-0.3, -0.25) is 10.2 Å². The number of nitrogens with one attached hydrogen (secondary N) is 1. The van der Waals surface area contributed by atoms with E-state index in [1.54, 1.807) is 24.3 Å². The van der Waals surface area contributed by atoms with Crippen molar-refractivity contribution >= 4 is 39.5 Å². The monoisotopic (exact) mass is 418 g/mol. The molecule has 0 unspecified atom stereocenters. The molecule has 0 radical (unpaired) electrons. The van der Waals surface area contributed by atoms with Gasteiger partial charge in [-0.25, -0.2) is 9.59 Å². The Morgan fingerprint density at radius 2 is 1.92 bits per heavy atom. The molecule has 0 aliphatic heterocycles. The standard InChI is InChI=1S/C19H19BrN2O4/c1-2-13-25-18(23)21-15-7-6-10-17(14-15)26-19(24)22(12-11-20)16-8-4-3-5-9-16/h2-10,14H,1,11-13H2,(H,21,23). The third kappa shape index (κ3) is 5.93. The number of carbonyl (C=O) groups is 2. The number of para-hydroxylation sites is 1. The highest BCUT2D eigenvalue weighted by atomic mass is 79.9. The second kappa shape index (κ2) is 10.2. The van der Waals surface area contributed by atoms with Crippen molar-refractivity contribution in [1.82, 2.24) is 0 Å². The van der Waals surface area contributed by atoms with E-state index in [9.17, 15) is 9.59 Å². The minimum atomic E-state index is -0.612. The number of nitrogens with zero attached hydrogens (tertiary/aromatic N) is 1. The van der Waals surface area contributed by atoms with E-state index in [2.05, 4.69) is 27.8 Å². The Hall–Kier alpha value is -2.80. The summed E-state index contributed by atoms with van der Waals surface area (Å²) in [5, 5.41) is 3.16. The summed E-state index contributed by atoms with van der Waals surface area (Å²) in [5.41, 5.74) is 1.19. The molecule has 0 spiro atoms. The summed E-state index contributed by atoms with van der Waals surface area (Å²) < 4.78 is 10.3. The summed E-state index contributed by atoms with van der Waals surface area (Å²) in [6, 6.07) is 15.8. The molecule has 2 rings (SSSR count). The fourth-order valence-electron chi connectivity index (χ4n) is 2.10. The van der Waals surface area contributed by atoms with Crippen LogP contribution in [0.5, 0.6) is 5.75 Å². The van der Waals surface area contributed by atoms with Crippen LogP contribution in [0.4, 0.5) is 21.0 Å². The van der Waals surface area contributed by atoms with E-state index in [1.165, 1.54) is 11.0 Å². The van der Waals surface area contributed by atoms with E-state index in [1.807, 2.05) is 30.3 Å². The summed E-state index contributed by atoms with van der Waals surface area (Å²) in [7, 11) is 0. The Kier molecular flexibility index (Phi) is 7.70. The molecule has 2 aromatic rings. The zero-order chi connectivity index (χ0) is 18.8.